The minimum Gasteiger partial charge on any atom is -0.372 e. The van der Waals surface area contributed by atoms with Gasteiger partial charge < -0.3 is 14.2 Å². The molecule has 1 aromatic heterocycles. The van der Waals surface area contributed by atoms with Gasteiger partial charge >= 0.3 is 0 Å². The highest BCUT2D eigenvalue weighted by atomic mass is 19.1. The summed E-state index contributed by atoms with van der Waals surface area (Å²) >= 11 is 0. The summed E-state index contributed by atoms with van der Waals surface area (Å²) in [6, 6.07) is 1.64. The number of hydrogen-bond donors (Lipinski definition) is 0. The average Bonchev–Trinajstić information content (AvgIpc) is 2.79. The van der Waals surface area contributed by atoms with E-state index in [1.807, 2.05) is 18.7 Å². The molecule has 1 aromatic carbocycles. The Balaban J connectivity index is 2.16. The lowest BCUT2D eigenvalue weighted by atomic mass is 10.1. The predicted octanol–water partition coefficient (Wildman–Crippen LogP) is 2.70. The second kappa shape index (κ2) is 5.11. The maximum Gasteiger partial charge on any atom is 0.204 e. The third-order valence-electron chi connectivity index (χ3n) is 3.75. The summed E-state index contributed by atoms with van der Waals surface area (Å²) < 4.78 is 25.5. The van der Waals surface area contributed by atoms with Gasteiger partial charge in [-0.15, -0.1) is 0 Å². The molecule has 5 nitrogen and oxygen atoms in total. The molecule has 1 fully saturated rings. The maximum atomic E-state index is 14.8. The van der Waals surface area contributed by atoms with Gasteiger partial charge in [0.1, 0.15) is 0 Å². The molecule has 6 heteroatoms. The number of halogens is 1. The van der Waals surface area contributed by atoms with E-state index in [9.17, 15) is 9.18 Å². The Labute approximate surface area is 121 Å². The van der Waals surface area contributed by atoms with Crippen LogP contribution >= 0.6 is 0 Å². The SMILES string of the molecule is Cc1noc2c(F)c(N3CC(C)OC(C)C3)c(C=O)cc12. The Bertz CT molecular complexity index is 688. The molecule has 2 unspecified atom stereocenters. The van der Waals surface area contributed by atoms with Crippen molar-refractivity contribution in [3.63, 3.8) is 0 Å². The van der Waals surface area contributed by atoms with E-state index in [2.05, 4.69) is 5.16 Å². The summed E-state index contributed by atoms with van der Waals surface area (Å²) in [7, 11) is 0. The number of hydrogen-bond acceptors (Lipinski definition) is 5. The van der Waals surface area contributed by atoms with Gasteiger partial charge in [-0.2, -0.15) is 0 Å². The van der Waals surface area contributed by atoms with Crippen LogP contribution in [0.15, 0.2) is 10.6 Å². The number of aromatic nitrogens is 1. The molecule has 1 aliphatic heterocycles. The number of rotatable bonds is 2. The lowest BCUT2D eigenvalue weighted by molar-refractivity contribution is -0.00542. The molecule has 2 atom stereocenters. The molecular weight excluding hydrogens is 275 g/mol. The van der Waals surface area contributed by atoms with Crippen molar-refractivity contribution in [3.05, 3.63) is 23.1 Å². The zero-order valence-corrected chi connectivity index (χ0v) is 12.2. The van der Waals surface area contributed by atoms with Gasteiger partial charge in [-0.1, -0.05) is 5.16 Å². The van der Waals surface area contributed by atoms with Crippen molar-refractivity contribution in [1.82, 2.24) is 5.16 Å². The molecule has 0 N–H and O–H groups in total. The van der Waals surface area contributed by atoms with E-state index >= 15 is 0 Å². The van der Waals surface area contributed by atoms with Gasteiger partial charge in [0.25, 0.3) is 0 Å². The minimum absolute atomic E-state index is 0.0280. The molecule has 1 aliphatic rings. The Hall–Kier alpha value is -1.95. The van der Waals surface area contributed by atoms with Crippen LogP contribution in [0, 0.1) is 12.7 Å². The first kappa shape index (κ1) is 14.0. The quantitative estimate of drug-likeness (QED) is 0.797. The molecule has 0 aliphatic carbocycles. The molecule has 0 spiro atoms. The van der Waals surface area contributed by atoms with E-state index in [0.29, 0.717) is 36.0 Å². The summed E-state index contributed by atoms with van der Waals surface area (Å²) in [5.74, 6) is -0.531. The van der Waals surface area contributed by atoms with Gasteiger partial charge in [0.2, 0.25) is 5.58 Å². The van der Waals surface area contributed by atoms with Crippen LogP contribution in [0.3, 0.4) is 0 Å². The van der Waals surface area contributed by atoms with Gasteiger partial charge in [-0.05, 0) is 26.8 Å². The molecule has 112 valence electrons. The van der Waals surface area contributed by atoms with E-state index in [-0.39, 0.29) is 23.5 Å². The standard InChI is InChI=1S/C15H17FN2O3/c1-8-5-18(6-9(2)20-8)14-11(7-19)4-12-10(3)17-21-15(12)13(14)16/h4,7-9H,5-6H2,1-3H3. The predicted molar refractivity (Wildman–Crippen MR) is 76.3 cm³/mol. The van der Waals surface area contributed by atoms with Gasteiger partial charge in [-0.3, -0.25) is 4.79 Å². The normalized spacial score (nSPS) is 22.8. The number of ether oxygens (including phenoxy) is 1. The number of carbonyl (C=O) groups excluding carboxylic acids is 1. The summed E-state index contributed by atoms with van der Waals surface area (Å²) in [6.45, 7) is 6.64. The number of nitrogens with zero attached hydrogens (tertiary/aromatic N) is 2. The van der Waals surface area contributed by atoms with Gasteiger partial charge in [-0.25, -0.2) is 4.39 Å². The molecule has 2 heterocycles. The van der Waals surface area contributed by atoms with Crippen molar-refractivity contribution >= 4 is 22.9 Å². The smallest absolute Gasteiger partial charge is 0.204 e. The first-order valence-electron chi connectivity index (χ1n) is 6.95. The lowest BCUT2D eigenvalue weighted by Gasteiger charge is -2.37. The lowest BCUT2D eigenvalue weighted by Crippen LogP contribution is -2.46. The van der Waals surface area contributed by atoms with Crippen LogP contribution < -0.4 is 4.90 Å². The Kier molecular flexibility index (Phi) is 3.41. The van der Waals surface area contributed by atoms with Crippen molar-refractivity contribution in [3.8, 4) is 0 Å². The van der Waals surface area contributed by atoms with Crippen LogP contribution in [-0.4, -0.2) is 36.7 Å². The highest BCUT2D eigenvalue weighted by Gasteiger charge is 2.28. The molecule has 0 bridgehead atoms. The van der Waals surface area contributed by atoms with E-state index in [4.69, 9.17) is 9.26 Å². The maximum absolute atomic E-state index is 14.8. The van der Waals surface area contributed by atoms with Crippen LogP contribution in [0.25, 0.3) is 11.0 Å². The zero-order valence-electron chi connectivity index (χ0n) is 12.2. The Morgan fingerprint density at radius 1 is 1.38 bits per heavy atom. The third kappa shape index (κ3) is 2.29. The highest BCUT2D eigenvalue weighted by molar-refractivity contribution is 5.95. The number of carbonyl (C=O) groups is 1. The zero-order chi connectivity index (χ0) is 15.1. The molecule has 3 rings (SSSR count). The molecule has 21 heavy (non-hydrogen) atoms. The number of morpholine rings is 1. The topological polar surface area (TPSA) is 55.6 Å². The minimum atomic E-state index is -0.531. The van der Waals surface area contributed by atoms with E-state index < -0.39 is 5.82 Å². The second-order valence-corrected chi connectivity index (χ2v) is 5.55. The van der Waals surface area contributed by atoms with E-state index in [1.54, 1.807) is 13.0 Å². The summed E-state index contributed by atoms with van der Waals surface area (Å²) in [5.41, 5.74) is 1.26. The molecule has 1 saturated heterocycles. The highest BCUT2D eigenvalue weighted by Crippen LogP contribution is 2.33. The number of aldehydes is 1. The van der Waals surface area contributed by atoms with Crippen molar-refractivity contribution < 1.29 is 18.4 Å². The van der Waals surface area contributed by atoms with Crippen LogP contribution in [0.4, 0.5) is 10.1 Å². The van der Waals surface area contributed by atoms with Crippen LogP contribution in [-0.2, 0) is 4.74 Å². The fraction of sp³-hybridized carbons (Fsp3) is 0.467. The monoisotopic (exact) mass is 292 g/mol. The van der Waals surface area contributed by atoms with Crippen molar-refractivity contribution in [2.24, 2.45) is 0 Å². The van der Waals surface area contributed by atoms with Crippen LogP contribution in [0.1, 0.15) is 29.9 Å². The Morgan fingerprint density at radius 3 is 2.67 bits per heavy atom. The number of fused-ring (bicyclic) bond motifs is 1. The fourth-order valence-electron chi connectivity index (χ4n) is 2.93. The van der Waals surface area contributed by atoms with Crippen LogP contribution in [0.5, 0.6) is 0 Å². The van der Waals surface area contributed by atoms with Gasteiger partial charge in [0.05, 0.1) is 23.6 Å². The van der Waals surface area contributed by atoms with E-state index in [0.717, 1.165) is 0 Å². The third-order valence-corrected chi connectivity index (χ3v) is 3.75. The number of anilines is 1. The molecule has 0 radical (unpaired) electrons. The first-order chi connectivity index (χ1) is 10.0. The molecular formula is C15H17FN2O3. The molecule has 0 amide bonds. The molecule has 0 saturated carbocycles. The summed E-state index contributed by atoms with van der Waals surface area (Å²) in [5, 5.41) is 4.31. The summed E-state index contributed by atoms with van der Waals surface area (Å²) in [6.07, 6.45) is 0.620. The first-order valence-corrected chi connectivity index (χ1v) is 6.95. The van der Waals surface area contributed by atoms with Gasteiger partial charge in [0, 0.05) is 24.0 Å². The van der Waals surface area contributed by atoms with Crippen molar-refractivity contribution in [1.29, 1.82) is 0 Å². The number of aryl methyl sites for hydroxylation is 1. The summed E-state index contributed by atoms with van der Waals surface area (Å²) in [4.78, 5) is 13.2. The van der Waals surface area contributed by atoms with Crippen molar-refractivity contribution in [2.75, 3.05) is 18.0 Å². The second-order valence-electron chi connectivity index (χ2n) is 5.55. The average molecular weight is 292 g/mol. The fourth-order valence-corrected chi connectivity index (χ4v) is 2.93. The van der Waals surface area contributed by atoms with E-state index in [1.165, 1.54) is 0 Å². The largest absolute Gasteiger partial charge is 0.372 e. The Morgan fingerprint density at radius 2 is 2.05 bits per heavy atom. The van der Waals surface area contributed by atoms with Crippen molar-refractivity contribution in [2.45, 2.75) is 33.0 Å². The van der Waals surface area contributed by atoms with Crippen LogP contribution in [0.2, 0.25) is 0 Å². The molecule has 2 aromatic rings. The number of benzene rings is 1. The van der Waals surface area contributed by atoms with Gasteiger partial charge in [0.15, 0.2) is 12.1 Å².